The molecule has 0 unspecified atom stereocenters. The average molecular weight is 409 g/mol. The SMILES string of the molecule is [B]c1ccc(NC(=O)c2ccccc2NC(=O)c2ccc(C3=NCCN3C)cc2)nc1. The van der Waals surface area contributed by atoms with Crippen molar-refractivity contribution in [3.63, 3.8) is 0 Å². The van der Waals surface area contributed by atoms with Gasteiger partial charge in [-0.1, -0.05) is 35.8 Å². The van der Waals surface area contributed by atoms with Crippen molar-refractivity contribution < 1.29 is 9.59 Å². The molecule has 0 spiro atoms. The monoisotopic (exact) mass is 409 g/mol. The van der Waals surface area contributed by atoms with E-state index in [1.54, 1.807) is 48.5 Å². The van der Waals surface area contributed by atoms with Gasteiger partial charge in [0, 0.05) is 30.9 Å². The number of likely N-dealkylation sites (N-methyl/N-ethyl adjacent to an activating group) is 1. The van der Waals surface area contributed by atoms with Gasteiger partial charge in [0.15, 0.2) is 0 Å². The van der Waals surface area contributed by atoms with Gasteiger partial charge in [-0.3, -0.25) is 14.6 Å². The molecule has 0 saturated carbocycles. The molecular weight excluding hydrogens is 389 g/mol. The molecule has 1 aromatic heterocycles. The Balaban J connectivity index is 1.48. The molecule has 0 bridgehead atoms. The Labute approximate surface area is 181 Å². The predicted molar refractivity (Wildman–Crippen MR) is 122 cm³/mol. The third kappa shape index (κ3) is 4.64. The molecule has 2 radical (unpaired) electrons. The fraction of sp³-hybridized carbons (Fsp3) is 0.130. The number of aliphatic imine (C=N–C) groups is 1. The molecule has 0 fully saturated rings. The highest BCUT2D eigenvalue weighted by molar-refractivity contribution is 6.32. The number of benzene rings is 2. The lowest BCUT2D eigenvalue weighted by molar-refractivity contribution is 0.102. The molecular formula is C23H20BN5O2. The van der Waals surface area contributed by atoms with E-state index in [9.17, 15) is 9.59 Å². The minimum absolute atomic E-state index is 0.306. The van der Waals surface area contributed by atoms with Crippen molar-refractivity contribution in [3.05, 3.63) is 83.6 Å². The van der Waals surface area contributed by atoms with Crippen molar-refractivity contribution in [2.24, 2.45) is 4.99 Å². The highest BCUT2D eigenvalue weighted by atomic mass is 16.2. The van der Waals surface area contributed by atoms with E-state index in [1.807, 2.05) is 19.2 Å². The first kappa shape index (κ1) is 20.3. The van der Waals surface area contributed by atoms with Crippen molar-refractivity contribution >= 4 is 42.5 Å². The van der Waals surface area contributed by atoms with Gasteiger partial charge in [-0.15, -0.1) is 0 Å². The number of carbonyl (C=O) groups is 2. The molecule has 2 heterocycles. The summed E-state index contributed by atoms with van der Waals surface area (Å²) in [5, 5.41) is 5.53. The summed E-state index contributed by atoms with van der Waals surface area (Å²) in [5.74, 6) is 0.603. The summed E-state index contributed by atoms with van der Waals surface area (Å²) in [6.45, 7) is 1.67. The molecule has 4 rings (SSSR count). The van der Waals surface area contributed by atoms with E-state index < -0.39 is 0 Å². The molecule has 152 valence electrons. The number of nitrogens with one attached hydrogen (secondary N) is 2. The summed E-state index contributed by atoms with van der Waals surface area (Å²) in [6.07, 6.45) is 1.46. The number of pyridine rings is 1. The van der Waals surface area contributed by atoms with E-state index in [1.165, 1.54) is 6.20 Å². The Kier molecular flexibility index (Phi) is 5.79. The van der Waals surface area contributed by atoms with Gasteiger partial charge in [0.1, 0.15) is 19.5 Å². The van der Waals surface area contributed by atoms with E-state index in [-0.39, 0.29) is 11.8 Å². The fourth-order valence-electron chi connectivity index (χ4n) is 3.26. The van der Waals surface area contributed by atoms with Crippen molar-refractivity contribution in [2.75, 3.05) is 30.8 Å². The van der Waals surface area contributed by atoms with Crippen LogP contribution in [0.5, 0.6) is 0 Å². The molecule has 2 N–H and O–H groups in total. The summed E-state index contributed by atoms with van der Waals surface area (Å²) in [4.78, 5) is 36.1. The zero-order valence-electron chi connectivity index (χ0n) is 17.0. The van der Waals surface area contributed by atoms with Crippen LogP contribution < -0.4 is 16.1 Å². The first-order valence-electron chi connectivity index (χ1n) is 9.80. The van der Waals surface area contributed by atoms with Crippen molar-refractivity contribution in [3.8, 4) is 0 Å². The number of hydrogen-bond donors (Lipinski definition) is 2. The zero-order chi connectivity index (χ0) is 21.8. The molecule has 0 saturated heterocycles. The van der Waals surface area contributed by atoms with E-state index in [0.717, 1.165) is 24.5 Å². The molecule has 0 aliphatic carbocycles. The van der Waals surface area contributed by atoms with Gasteiger partial charge in [-0.25, -0.2) is 4.98 Å². The van der Waals surface area contributed by atoms with Crippen molar-refractivity contribution in [2.45, 2.75) is 0 Å². The first-order chi connectivity index (χ1) is 15.0. The van der Waals surface area contributed by atoms with Crippen LogP contribution in [0.2, 0.25) is 0 Å². The lowest BCUT2D eigenvalue weighted by atomic mass is 9.99. The lowest BCUT2D eigenvalue weighted by Crippen LogP contribution is -2.23. The van der Waals surface area contributed by atoms with Gasteiger partial charge in [0.2, 0.25) is 0 Å². The number of para-hydroxylation sites is 1. The molecule has 31 heavy (non-hydrogen) atoms. The number of hydrogen-bond acceptors (Lipinski definition) is 5. The topological polar surface area (TPSA) is 86.7 Å². The number of amides is 2. The molecule has 1 aliphatic heterocycles. The minimum atomic E-state index is -0.384. The van der Waals surface area contributed by atoms with E-state index in [0.29, 0.717) is 28.1 Å². The number of anilines is 2. The minimum Gasteiger partial charge on any atom is -0.358 e. The fourth-order valence-corrected chi connectivity index (χ4v) is 3.26. The second-order valence-corrected chi connectivity index (χ2v) is 7.13. The Morgan fingerprint density at radius 3 is 2.42 bits per heavy atom. The van der Waals surface area contributed by atoms with Crippen molar-refractivity contribution in [1.82, 2.24) is 9.88 Å². The highest BCUT2D eigenvalue weighted by Gasteiger charge is 2.17. The third-order valence-corrected chi connectivity index (χ3v) is 4.91. The second-order valence-electron chi connectivity index (χ2n) is 7.13. The summed E-state index contributed by atoms with van der Waals surface area (Å²) in [5.41, 5.74) is 2.69. The van der Waals surface area contributed by atoms with Crippen LogP contribution in [0.1, 0.15) is 26.3 Å². The van der Waals surface area contributed by atoms with Crippen LogP contribution in [0.25, 0.3) is 0 Å². The molecule has 2 aromatic carbocycles. The zero-order valence-corrected chi connectivity index (χ0v) is 17.0. The van der Waals surface area contributed by atoms with Crippen LogP contribution >= 0.6 is 0 Å². The third-order valence-electron chi connectivity index (χ3n) is 4.91. The van der Waals surface area contributed by atoms with Crippen LogP contribution in [0.3, 0.4) is 0 Å². The largest absolute Gasteiger partial charge is 0.358 e. The number of amidine groups is 1. The number of rotatable bonds is 5. The Bertz CT molecular complexity index is 1140. The molecule has 3 aromatic rings. The van der Waals surface area contributed by atoms with Gasteiger partial charge in [-0.2, -0.15) is 0 Å². The Hall–Kier alpha value is -3.94. The van der Waals surface area contributed by atoms with Gasteiger partial charge in [0.25, 0.3) is 11.8 Å². The van der Waals surface area contributed by atoms with Gasteiger partial charge in [-0.05, 0) is 30.3 Å². The van der Waals surface area contributed by atoms with Gasteiger partial charge in [0.05, 0.1) is 17.8 Å². The van der Waals surface area contributed by atoms with Crippen LogP contribution in [0.15, 0.2) is 71.9 Å². The number of nitrogens with zero attached hydrogens (tertiary/aromatic N) is 3. The van der Waals surface area contributed by atoms with Crippen molar-refractivity contribution in [1.29, 1.82) is 0 Å². The highest BCUT2D eigenvalue weighted by Crippen LogP contribution is 2.18. The first-order valence-corrected chi connectivity index (χ1v) is 9.80. The van der Waals surface area contributed by atoms with Crippen LogP contribution in [-0.2, 0) is 0 Å². The Morgan fingerprint density at radius 2 is 1.74 bits per heavy atom. The van der Waals surface area contributed by atoms with E-state index in [4.69, 9.17) is 7.85 Å². The molecule has 8 heteroatoms. The smallest absolute Gasteiger partial charge is 0.258 e. The summed E-state index contributed by atoms with van der Waals surface area (Å²) in [7, 11) is 7.62. The molecule has 1 aliphatic rings. The molecule has 7 nitrogen and oxygen atoms in total. The number of carbonyl (C=O) groups excluding carboxylic acids is 2. The standard InChI is InChI=1S/C23H20BN5O2/c1-29-13-12-25-21(29)15-6-8-16(9-7-15)22(30)27-19-5-3-2-4-18(19)23(31)28-20-11-10-17(24)14-26-20/h2-11,14H,12-13H2,1H3,(H,27,30)(H,26,28,31). The summed E-state index contributed by atoms with van der Waals surface area (Å²) in [6, 6.07) is 17.3. The number of aromatic nitrogens is 1. The average Bonchev–Trinajstić information content (AvgIpc) is 3.21. The summed E-state index contributed by atoms with van der Waals surface area (Å²) < 4.78 is 0. The molecule has 0 atom stereocenters. The quantitative estimate of drug-likeness (QED) is 0.632. The van der Waals surface area contributed by atoms with Gasteiger partial charge >= 0.3 is 0 Å². The van der Waals surface area contributed by atoms with E-state index >= 15 is 0 Å². The maximum atomic E-state index is 12.8. The summed E-state index contributed by atoms with van der Waals surface area (Å²) >= 11 is 0. The van der Waals surface area contributed by atoms with Crippen LogP contribution in [0, 0.1) is 0 Å². The predicted octanol–water partition coefficient (Wildman–Crippen LogP) is 2.07. The lowest BCUT2D eigenvalue weighted by Gasteiger charge is -2.14. The maximum Gasteiger partial charge on any atom is 0.258 e. The van der Waals surface area contributed by atoms with Crippen LogP contribution in [-0.4, -0.2) is 55.5 Å². The van der Waals surface area contributed by atoms with Gasteiger partial charge < -0.3 is 15.5 Å². The molecule has 2 amide bonds. The van der Waals surface area contributed by atoms with E-state index in [2.05, 4.69) is 25.5 Å². The maximum absolute atomic E-state index is 12.8. The van der Waals surface area contributed by atoms with Crippen LogP contribution in [0.4, 0.5) is 11.5 Å². The Morgan fingerprint density at radius 1 is 0.968 bits per heavy atom. The second kappa shape index (κ2) is 8.83. The normalized spacial score (nSPS) is 12.9.